The lowest BCUT2D eigenvalue weighted by Crippen LogP contribution is -1.99. The number of methoxy groups -OCH3 is 1. The van der Waals surface area contributed by atoms with Gasteiger partial charge in [-0.2, -0.15) is 0 Å². The van der Waals surface area contributed by atoms with Crippen molar-refractivity contribution in [3.8, 4) is 17.0 Å². The molecule has 7 heteroatoms. The van der Waals surface area contributed by atoms with Crippen LogP contribution in [0, 0.1) is 27.7 Å². The summed E-state index contributed by atoms with van der Waals surface area (Å²) in [5.41, 5.74) is 4.95. The van der Waals surface area contributed by atoms with Crippen molar-refractivity contribution in [3.05, 3.63) is 35.2 Å². The Morgan fingerprint density at radius 3 is 2.26 bits per heavy atom. The van der Waals surface area contributed by atoms with Crippen LogP contribution in [0.2, 0.25) is 0 Å². The van der Waals surface area contributed by atoms with E-state index in [0.717, 1.165) is 39.6 Å². The molecule has 120 valence electrons. The first kappa shape index (κ1) is 15.1. The van der Waals surface area contributed by atoms with Gasteiger partial charge in [0.05, 0.1) is 12.8 Å². The summed E-state index contributed by atoms with van der Waals surface area (Å²) < 4.78 is 15.8. The second-order valence-corrected chi connectivity index (χ2v) is 5.30. The fourth-order valence-electron chi connectivity index (χ4n) is 2.53. The second-order valence-electron chi connectivity index (χ2n) is 5.30. The molecule has 0 aliphatic carbocycles. The molecule has 0 radical (unpaired) electrons. The minimum absolute atomic E-state index is 0.487. The van der Waals surface area contributed by atoms with E-state index in [2.05, 4.69) is 20.6 Å². The van der Waals surface area contributed by atoms with Crippen molar-refractivity contribution in [2.24, 2.45) is 0 Å². The third-order valence-corrected chi connectivity index (χ3v) is 3.66. The van der Waals surface area contributed by atoms with E-state index in [9.17, 15) is 0 Å². The number of hydrogen-bond acceptors (Lipinski definition) is 7. The van der Waals surface area contributed by atoms with Gasteiger partial charge in [0.2, 0.25) is 5.88 Å². The van der Waals surface area contributed by atoms with Gasteiger partial charge in [0.25, 0.3) is 0 Å². The number of ether oxygens (including phenoxy) is 1. The maximum absolute atomic E-state index is 5.34. The van der Waals surface area contributed by atoms with E-state index in [1.54, 1.807) is 13.3 Å². The standard InChI is InChI=1S/C16H18N4O3/c1-8-14(10(3)22-19-8)12-6-13(16(21-5)17-7-12)18-15-9(2)20-23-11(15)4/h6-7,18H,1-5H3. The van der Waals surface area contributed by atoms with Crippen molar-refractivity contribution in [2.45, 2.75) is 27.7 Å². The number of nitrogens with zero attached hydrogens (tertiary/aromatic N) is 3. The molecule has 3 heterocycles. The Hall–Kier alpha value is -2.83. The van der Waals surface area contributed by atoms with Crippen LogP contribution in [0.4, 0.5) is 11.4 Å². The Labute approximate surface area is 133 Å². The average Bonchev–Trinajstić information content (AvgIpc) is 3.03. The Bertz CT molecular complexity index is 812. The zero-order valence-electron chi connectivity index (χ0n) is 13.7. The molecule has 3 rings (SSSR count). The van der Waals surface area contributed by atoms with Crippen LogP contribution in [0.15, 0.2) is 21.3 Å². The maximum atomic E-state index is 5.34. The smallest absolute Gasteiger partial charge is 0.237 e. The number of rotatable bonds is 4. The molecular weight excluding hydrogens is 296 g/mol. The van der Waals surface area contributed by atoms with E-state index in [1.165, 1.54) is 0 Å². The largest absolute Gasteiger partial charge is 0.480 e. The second kappa shape index (κ2) is 5.75. The molecule has 0 spiro atoms. The molecule has 23 heavy (non-hydrogen) atoms. The van der Waals surface area contributed by atoms with Gasteiger partial charge in [-0.25, -0.2) is 4.98 Å². The monoisotopic (exact) mass is 314 g/mol. The lowest BCUT2D eigenvalue weighted by molar-refractivity contribution is 0.393. The Kier molecular flexibility index (Phi) is 3.77. The summed E-state index contributed by atoms with van der Waals surface area (Å²) in [4.78, 5) is 4.37. The van der Waals surface area contributed by atoms with Gasteiger partial charge in [0.15, 0.2) is 5.76 Å². The highest BCUT2D eigenvalue weighted by Gasteiger charge is 2.17. The van der Waals surface area contributed by atoms with Crippen LogP contribution in [0.25, 0.3) is 11.1 Å². The fraction of sp³-hybridized carbons (Fsp3) is 0.312. The lowest BCUT2D eigenvalue weighted by atomic mass is 10.1. The van der Waals surface area contributed by atoms with Gasteiger partial charge >= 0.3 is 0 Å². The van der Waals surface area contributed by atoms with Crippen LogP contribution in [-0.2, 0) is 0 Å². The molecule has 3 aromatic rings. The molecule has 0 bridgehead atoms. The van der Waals surface area contributed by atoms with Crippen LogP contribution in [0.5, 0.6) is 5.88 Å². The fourth-order valence-corrected chi connectivity index (χ4v) is 2.53. The van der Waals surface area contributed by atoms with Gasteiger partial charge in [-0.05, 0) is 33.8 Å². The highest BCUT2D eigenvalue weighted by molar-refractivity contribution is 5.75. The van der Waals surface area contributed by atoms with Gasteiger partial charge in [0.1, 0.15) is 22.8 Å². The lowest BCUT2D eigenvalue weighted by Gasteiger charge is -2.11. The predicted octanol–water partition coefficient (Wildman–Crippen LogP) is 3.71. The maximum Gasteiger partial charge on any atom is 0.237 e. The van der Waals surface area contributed by atoms with E-state index >= 15 is 0 Å². The number of aryl methyl sites for hydroxylation is 4. The van der Waals surface area contributed by atoms with Crippen LogP contribution in [-0.4, -0.2) is 22.4 Å². The summed E-state index contributed by atoms with van der Waals surface area (Å²) in [6.45, 7) is 7.50. The van der Waals surface area contributed by atoms with Crippen molar-refractivity contribution in [2.75, 3.05) is 12.4 Å². The molecule has 7 nitrogen and oxygen atoms in total. The minimum atomic E-state index is 0.487. The van der Waals surface area contributed by atoms with Crippen LogP contribution in [0.3, 0.4) is 0 Å². The van der Waals surface area contributed by atoms with Gasteiger partial charge in [-0.15, -0.1) is 0 Å². The average molecular weight is 314 g/mol. The number of nitrogens with one attached hydrogen (secondary N) is 1. The van der Waals surface area contributed by atoms with E-state index in [4.69, 9.17) is 13.8 Å². The number of hydrogen-bond donors (Lipinski definition) is 1. The molecule has 0 fully saturated rings. The summed E-state index contributed by atoms with van der Waals surface area (Å²) in [5.74, 6) is 1.94. The third kappa shape index (κ3) is 2.65. The quantitative estimate of drug-likeness (QED) is 0.785. The van der Waals surface area contributed by atoms with Gasteiger partial charge in [-0.3, -0.25) is 0 Å². The summed E-state index contributed by atoms with van der Waals surface area (Å²) >= 11 is 0. The summed E-state index contributed by atoms with van der Waals surface area (Å²) in [5, 5.41) is 11.2. The van der Waals surface area contributed by atoms with E-state index in [0.29, 0.717) is 11.6 Å². The van der Waals surface area contributed by atoms with Crippen LogP contribution >= 0.6 is 0 Å². The molecule has 0 aliphatic heterocycles. The third-order valence-electron chi connectivity index (χ3n) is 3.66. The zero-order chi connectivity index (χ0) is 16.6. The molecule has 3 aromatic heterocycles. The highest BCUT2D eigenvalue weighted by atomic mass is 16.5. The number of aromatic nitrogens is 3. The van der Waals surface area contributed by atoms with Crippen molar-refractivity contribution in [3.63, 3.8) is 0 Å². The SMILES string of the molecule is COc1ncc(-c2c(C)noc2C)cc1Nc1c(C)noc1C. The van der Waals surface area contributed by atoms with E-state index in [-0.39, 0.29) is 0 Å². The normalized spacial score (nSPS) is 10.8. The first-order valence-electron chi connectivity index (χ1n) is 7.18. The van der Waals surface area contributed by atoms with Gasteiger partial charge in [-0.1, -0.05) is 10.3 Å². The molecule has 0 saturated heterocycles. The van der Waals surface area contributed by atoms with E-state index < -0.39 is 0 Å². The first-order chi connectivity index (χ1) is 11.0. The molecular formula is C16H18N4O3. The zero-order valence-corrected chi connectivity index (χ0v) is 13.7. The van der Waals surface area contributed by atoms with Crippen molar-refractivity contribution in [1.29, 1.82) is 0 Å². The highest BCUT2D eigenvalue weighted by Crippen LogP contribution is 2.34. The molecule has 0 saturated carbocycles. The molecule has 0 aliphatic rings. The molecule has 0 aromatic carbocycles. The Morgan fingerprint density at radius 2 is 1.70 bits per heavy atom. The Morgan fingerprint density at radius 1 is 1.00 bits per heavy atom. The first-order valence-corrected chi connectivity index (χ1v) is 7.18. The number of pyridine rings is 1. The Balaban J connectivity index is 2.07. The summed E-state index contributed by atoms with van der Waals surface area (Å²) in [6.07, 6.45) is 1.74. The summed E-state index contributed by atoms with van der Waals surface area (Å²) in [7, 11) is 1.58. The minimum Gasteiger partial charge on any atom is -0.480 e. The van der Waals surface area contributed by atoms with Gasteiger partial charge in [0, 0.05) is 17.3 Å². The topological polar surface area (TPSA) is 86.2 Å². The summed E-state index contributed by atoms with van der Waals surface area (Å²) in [6, 6.07) is 1.95. The van der Waals surface area contributed by atoms with Crippen molar-refractivity contribution >= 4 is 11.4 Å². The number of anilines is 2. The molecule has 1 N–H and O–H groups in total. The molecule has 0 unspecified atom stereocenters. The predicted molar refractivity (Wildman–Crippen MR) is 85.0 cm³/mol. The molecule has 0 amide bonds. The van der Waals surface area contributed by atoms with Crippen LogP contribution in [0.1, 0.15) is 22.9 Å². The van der Waals surface area contributed by atoms with Crippen LogP contribution < -0.4 is 10.1 Å². The van der Waals surface area contributed by atoms with Crippen molar-refractivity contribution < 1.29 is 13.8 Å². The van der Waals surface area contributed by atoms with E-state index in [1.807, 2.05) is 33.8 Å². The van der Waals surface area contributed by atoms with Crippen molar-refractivity contribution in [1.82, 2.24) is 15.3 Å². The molecule has 0 atom stereocenters. The van der Waals surface area contributed by atoms with Gasteiger partial charge < -0.3 is 19.1 Å².